The van der Waals surface area contributed by atoms with Gasteiger partial charge in [0.25, 0.3) is 0 Å². The van der Waals surface area contributed by atoms with Crippen molar-refractivity contribution in [1.82, 2.24) is 30.9 Å². The SMILES string of the molecule is CNCCOCCOCCC(=O)N[C@@H](CCCCNC(=O)CCCCn1cc(COC(C)=O)nn1)C(C)=O. The molecule has 0 fully saturated rings. The predicted octanol–water partition coefficient (Wildman–Crippen LogP) is 0.515. The van der Waals surface area contributed by atoms with Crippen LogP contribution in [0.1, 0.15) is 64.5 Å². The number of hydrogen-bond acceptors (Lipinski definition) is 10. The van der Waals surface area contributed by atoms with Crippen molar-refractivity contribution >= 4 is 23.6 Å². The highest BCUT2D eigenvalue weighted by atomic mass is 16.5. The summed E-state index contributed by atoms with van der Waals surface area (Å²) < 4.78 is 17.3. The van der Waals surface area contributed by atoms with Gasteiger partial charge in [-0.15, -0.1) is 5.10 Å². The molecule has 2 amide bonds. The average molecular weight is 541 g/mol. The van der Waals surface area contributed by atoms with Crippen LogP contribution in [0.3, 0.4) is 0 Å². The number of esters is 1. The zero-order valence-corrected chi connectivity index (χ0v) is 23.0. The minimum absolute atomic E-state index is 0.0250. The summed E-state index contributed by atoms with van der Waals surface area (Å²) in [6.07, 6.45) is 5.72. The van der Waals surface area contributed by atoms with Gasteiger partial charge in [0.1, 0.15) is 12.3 Å². The molecule has 0 aliphatic carbocycles. The van der Waals surface area contributed by atoms with E-state index in [2.05, 4.69) is 26.3 Å². The van der Waals surface area contributed by atoms with Crippen LogP contribution in [0.4, 0.5) is 0 Å². The monoisotopic (exact) mass is 540 g/mol. The van der Waals surface area contributed by atoms with Crippen LogP contribution in [0.2, 0.25) is 0 Å². The molecule has 0 spiro atoms. The van der Waals surface area contributed by atoms with Gasteiger partial charge in [0.2, 0.25) is 11.8 Å². The van der Waals surface area contributed by atoms with Crippen LogP contribution in [0.25, 0.3) is 0 Å². The Labute approximate surface area is 224 Å². The molecule has 1 atom stereocenters. The maximum absolute atomic E-state index is 12.1. The molecule has 0 unspecified atom stereocenters. The first-order valence-corrected chi connectivity index (χ1v) is 13.2. The van der Waals surface area contributed by atoms with Crippen molar-refractivity contribution in [2.45, 2.75) is 78.0 Å². The average Bonchev–Trinajstić information content (AvgIpc) is 3.33. The Kier molecular flexibility index (Phi) is 18.4. The van der Waals surface area contributed by atoms with E-state index in [1.54, 1.807) is 10.9 Å². The fourth-order valence-corrected chi connectivity index (χ4v) is 3.34. The number of amides is 2. The lowest BCUT2D eigenvalue weighted by molar-refractivity contribution is -0.142. The van der Waals surface area contributed by atoms with Gasteiger partial charge in [0.15, 0.2) is 5.78 Å². The van der Waals surface area contributed by atoms with Crippen LogP contribution >= 0.6 is 0 Å². The first-order chi connectivity index (χ1) is 18.3. The van der Waals surface area contributed by atoms with Gasteiger partial charge in [0.05, 0.1) is 38.7 Å². The molecule has 13 nitrogen and oxygen atoms in total. The normalized spacial score (nSPS) is 11.7. The maximum atomic E-state index is 12.1. The number of Topliss-reactive ketones (excluding diaryl/α,β-unsaturated/α-hetero) is 1. The fourth-order valence-electron chi connectivity index (χ4n) is 3.34. The highest BCUT2D eigenvalue weighted by Gasteiger charge is 2.16. The maximum Gasteiger partial charge on any atom is 0.303 e. The van der Waals surface area contributed by atoms with Crippen molar-refractivity contribution in [3.63, 3.8) is 0 Å². The van der Waals surface area contributed by atoms with E-state index in [9.17, 15) is 19.2 Å². The summed E-state index contributed by atoms with van der Waals surface area (Å²) in [5.41, 5.74) is 0.579. The molecule has 3 N–H and O–H groups in total. The summed E-state index contributed by atoms with van der Waals surface area (Å²) in [6, 6.07) is -0.533. The van der Waals surface area contributed by atoms with Crippen molar-refractivity contribution in [3.05, 3.63) is 11.9 Å². The summed E-state index contributed by atoms with van der Waals surface area (Å²) in [4.78, 5) is 46.9. The Bertz CT molecular complexity index is 833. The molecule has 0 bridgehead atoms. The van der Waals surface area contributed by atoms with Crippen molar-refractivity contribution < 1.29 is 33.4 Å². The molecule has 0 saturated carbocycles. The van der Waals surface area contributed by atoms with Gasteiger partial charge < -0.3 is 30.2 Å². The van der Waals surface area contributed by atoms with E-state index in [0.717, 1.165) is 13.0 Å². The van der Waals surface area contributed by atoms with Crippen LogP contribution < -0.4 is 16.0 Å². The molecule has 1 aromatic heterocycles. The van der Waals surface area contributed by atoms with Gasteiger partial charge in [-0.25, -0.2) is 0 Å². The molecule has 0 aliphatic heterocycles. The second kappa shape index (κ2) is 21.1. The highest BCUT2D eigenvalue weighted by molar-refractivity contribution is 5.87. The zero-order valence-electron chi connectivity index (χ0n) is 23.0. The first-order valence-electron chi connectivity index (χ1n) is 13.2. The molecular formula is C25H44N6O7. The van der Waals surface area contributed by atoms with Gasteiger partial charge in [-0.2, -0.15) is 0 Å². The molecule has 0 saturated heterocycles. The topological polar surface area (TPSA) is 163 Å². The number of carbonyl (C=O) groups is 4. The summed E-state index contributed by atoms with van der Waals surface area (Å²) >= 11 is 0. The largest absolute Gasteiger partial charge is 0.459 e. The Morgan fingerprint density at radius 3 is 2.39 bits per heavy atom. The number of ether oxygens (including phenoxy) is 3. The lowest BCUT2D eigenvalue weighted by Gasteiger charge is -2.16. The molecule has 1 heterocycles. The third kappa shape index (κ3) is 17.5. The number of aromatic nitrogens is 3. The smallest absolute Gasteiger partial charge is 0.303 e. The first kappa shape index (κ1) is 33.1. The van der Waals surface area contributed by atoms with E-state index >= 15 is 0 Å². The van der Waals surface area contributed by atoms with Crippen LogP contribution in [-0.2, 0) is 46.5 Å². The van der Waals surface area contributed by atoms with Crippen molar-refractivity contribution in [2.75, 3.05) is 46.6 Å². The lowest BCUT2D eigenvalue weighted by Crippen LogP contribution is -2.40. The van der Waals surface area contributed by atoms with Gasteiger partial charge >= 0.3 is 5.97 Å². The number of nitrogens with zero attached hydrogens (tertiary/aromatic N) is 3. The standard InChI is InChI=1S/C25H44N6O7/c1-20(32)23(28-25(35)10-14-36-16-17-37-15-12-26-3)8-4-6-11-27-24(34)9-5-7-13-31-18-22(29-30-31)19-38-21(2)33/h18,23,26H,4-17,19H2,1-3H3,(H,27,34)(H,28,35)/t23-/m0/s1. The fraction of sp³-hybridized carbons (Fsp3) is 0.760. The third-order valence-corrected chi connectivity index (χ3v) is 5.46. The second-order valence-electron chi connectivity index (χ2n) is 8.87. The molecular weight excluding hydrogens is 496 g/mol. The Morgan fingerprint density at radius 1 is 0.921 bits per heavy atom. The van der Waals surface area contributed by atoms with Gasteiger partial charge in [-0.05, 0) is 46.1 Å². The molecule has 13 heteroatoms. The van der Waals surface area contributed by atoms with Crippen molar-refractivity contribution in [3.8, 4) is 0 Å². The molecule has 0 radical (unpaired) electrons. The highest BCUT2D eigenvalue weighted by Crippen LogP contribution is 2.04. The van der Waals surface area contributed by atoms with E-state index in [4.69, 9.17) is 14.2 Å². The number of ketones is 1. The van der Waals surface area contributed by atoms with E-state index in [1.807, 2.05) is 7.05 Å². The van der Waals surface area contributed by atoms with Gasteiger partial charge in [-0.3, -0.25) is 23.9 Å². The van der Waals surface area contributed by atoms with Crippen LogP contribution in [0.15, 0.2) is 6.20 Å². The quantitative estimate of drug-likeness (QED) is 0.132. The predicted molar refractivity (Wildman–Crippen MR) is 139 cm³/mol. The minimum atomic E-state index is -0.533. The number of rotatable bonds is 23. The van der Waals surface area contributed by atoms with E-state index in [1.165, 1.54) is 13.8 Å². The zero-order chi connectivity index (χ0) is 28.0. The van der Waals surface area contributed by atoms with Gasteiger partial charge in [-0.1, -0.05) is 5.21 Å². The second-order valence-corrected chi connectivity index (χ2v) is 8.87. The molecule has 216 valence electrons. The Morgan fingerprint density at radius 2 is 1.68 bits per heavy atom. The van der Waals surface area contributed by atoms with Gasteiger partial charge in [0, 0.05) is 39.4 Å². The van der Waals surface area contributed by atoms with Crippen molar-refractivity contribution in [1.29, 1.82) is 0 Å². The lowest BCUT2D eigenvalue weighted by atomic mass is 10.1. The number of nitrogens with one attached hydrogen (secondary N) is 3. The van der Waals surface area contributed by atoms with E-state index in [0.29, 0.717) is 70.7 Å². The Balaban J connectivity index is 2.07. The minimum Gasteiger partial charge on any atom is -0.459 e. The van der Waals surface area contributed by atoms with Crippen molar-refractivity contribution in [2.24, 2.45) is 0 Å². The summed E-state index contributed by atoms with van der Waals surface area (Å²) in [7, 11) is 1.85. The molecule has 1 aromatic rings. The number of likely N-dealkylation sites (N-methyl/N-ethyl adjacent to an activating group) is 1. The Hall–Kier alpha value is -2.90. The molecule has 0 aliphatic rings. The molecule has 1 rings (SSSR count). The summed E-state index contributed by atoms with van der Waals surface area (Å²) in [5.74, 6) is -0.706. The van der Waals surface area contributed by atoms with Crippen LogP contribution in [-0.4, -0.2) is 91.2 Å². The molecule has 0 aromatic carbocycles. The number of carbonyl (C=O) groups excluding carboxylic acids is 4. The summed E-state index contributed by atoms with van der Waals surface area (Å²) in [5, 5.41) is 16.5. The number of unbranched alkanes of at least 4 members (excludes halogenated alkanes) is 2. The number of aryl methyl sites for hydroxylation is 1. The third-order valence-electron chi connectivity index (χ3n) is 5.46. The van der Waals surface area contributed by atoms with E-state index in [-0.39, 0.29) is 43.2 Å². The van der Waals surface area contributed by atoms with Crippen LogP contribution in [0.5, 0.6) is 0 Å². The molecule has 38 heavy (non-hydrogen) atoms. The number of hydrogen-bond donors (Lipinski definition) is 3. The summed E-state index contributed by atoms with van der Waals surface area (Å²) in [6.45, 7) is 6.58. The van der Waals surface area contributed by atoms with E-state index < -0.39 is 6.04 Å². The van der Waals surface area contributed by atoms with Crippen LogP contribution in [0, 0.1) is 0 Å².